The van der Waals surface area contributed by atoms with E-state index < -0.39 is 18.2 Å². The Labute approximate surface area is 116 Å². The van der Waals surface area contributed by atoms with Crippen LogP contribution < -0.4 is 5.11 Å². The van der Waals surface area contributed by atoms with E-state index in [0.717, 1.165) is 16.9 Å². The summed E-state index contributed by atoms with van der Waals surface area (Å²) in [4.78, 5) is 25.8. The second kappa shape index (κ2) is 6.29. The highest BCUT2D eigenvalue weighted by molar-refractivity contribution is 5.94. The number of aliphatic carboxylic acids is 1. The van der Waals surface area contributed by atoms with Crippen LogP contribution in [0.1, 0.15) is 12.2 Å². The van der Waals surface area contributed by atoms with Crippen molar-refractivity contribution in [2.24, 2.45) is 0 Å². The van der Waals surface area contributed by atoms with Gasteiger partial charge in [-0.2, -0.15) is 0 Å². The molecule has 106 valence electrons. The van der Waals surface area contributed by atoms with E-state index in [0.29, 0.717) is 13.2 Å². The van der Waals surface area contributed by atoms with Crippen molar-refractivity contribution in [3.05, 3.63) is 30.1 Å². The molecule has 1 aromatic heterocycles. The molecule has 0 unspecified atom stereocenters. The van der Waals surface area contributed by atoms with E-state index in [1.807, 2.05) is 35.8 Å². The van der Waals surface area contributed by atoms with Crippen molar-refractivity contribution >= 4 is 22.8 Å². The minimum atomic E-state index is -1.38. The number of carboxylic acids is 1. The van der Waals surface area contributed by atoms with Gasteiger partial charge in [0, 0.05) is 18.9 Å². The van der Waals surface area contributed by atoms with Gasteiger partial charge >= 0.3 is 0 Å². The van der Waals surface area contributed by atoms with Gasteiger partial charge in [-0.3, -0.25) is 4.79 Å². The van der Waals surface area contributed by atoms with E-state index >= 15 is 0 Å². The third-order valence-corrected chi connectivity index (χ3v) is 2.91. The van der Waals surface area contributed by atoms with Crippen molar-refractivity contribution in [2.45, 2.75) is 19.9 Å². The number of Topliss-reactive ketones (excluding diaryl/α,β-unsaturated/α-hetero) is 1. The molecule has 0 spiro atoms. The fourth-order valence-corrected chi connectivity index (χ4v) is 2.03. The van der Waals surface area contributed by atoms with Crippen LogP contribution in [0.2, 0.25) is 0 Å². The largest absolute Gasteiger partial charge is 0.550 e. The third-order valence-electron chi connectivity index (χ3n) is 2.91. The Morgan fingerprint density at radius 3 is 2.85 bits per heavy atom. The normalized spacial score (nSPS) is 10.8. The quantitative estimate of drug-likeness (QED) is 0.527. The van der Waals surface area contributed by atoms with Crippen molar-refractivity contribution in [2.75, 3.05) is 13.2 Å². The Morgan fingerprint density at radius 2 is 2.10 bits per heavy atom. The number of aromatic nitrogens is 2. The Hall–Kier alpha value is -2.21. The number of carbonyl (C=O) groups excluding carboxylic acids is 2. The van der Waals surface area contributed by atoms with Crippen LogP contribution in [0, 0.1) is 6.92 Å². The topological polar surface area (TPSA) is 84.2 Å². The number of hydrogen-bond donors (Lipinski definition) is 0. The first kappa shape index (κ1) is 14.2. The predicted molar refractivity (Wildman–Crippen MR) is 69.9 cm³/mol. The number of nitrogens with zero attached hydrogens (tertiary/aromatic N) is 2. The molecule has 0 radical (unpaired) electrons. The van der Waals surface area contributed by atoms with Crippen LogP contribution in [0.3, 0.4) is 0 Å². The number of aryl methyl sites for hydroxylation is 1. The Morgan fingerprint density at radius 1 is 1.35 bits per heavy atom. The number of hydrogen-bond acceptors (Lipinski definition) is 5. The lowest BCUT2D eigenvalue weighted by molar-refractivity contribution is -0.304. The number of benzene rings is 1. The maximum Gasteiger partial charge on any atom is 0.164 e. The second-order valence-corrected chi connectivity index (χ2v) is 4.44. The first-order chi connectivity index (χ1) is 9.58. The van der Waals surface area contributed by atoms with Crippen molar-refractivity contribution in [1.29, 1.82) is 0 Å². The van der Waals surface area contributed by atoms with Crippen LogP contribution in [0.5, 0.6) is 0 Å². The average molecular weight is 275 g/mol. The number of carbonyl (C=O) groups is 2. The number of carboxylic acid groups (broad SMARTS) is 1. The van der Waals surface area contributed by atoms with Gasteiger partial charge < -0.3 is 19.2 Å². The van der Waals surface area contributed by atoms with Gasteiger partial charge in [-0.25, -0.2) is 4.98 Å². The Balaban J connectivity index is 1.89. The molecule has 0 saturated heterocycles. The fraction of sp³-hybridized carbons (Fsp3) is 0.357. The van der Waals surface area contributed by atoms with Crippen LogP contribution in [-0.2, 0) is 20.9 Å². The van der Waals surface area contributed by atoms with Crippen molar-refractivity contribution in [1.82, 2.24) is 9.55 Å². The van der Waals surface area contributed by atoms with Gasteiger partial charge in [0.1, 0.15) is 12.4 Å². The predicted octanol–water partition coefficient (Wildman–Crippen LogP) is 0.0704. The van der Waals surface area contributed by atoms with Gasteiger partial charge in [0.2, 0.25) is 0 Å². The molecule has 2 rings (SSSR count). The van der Waals surface area contributed by atoms with E-state index in [2.05, 4.69) is 4.98 Å². The number of imidazole rings is 1. The van der Waals surface area contributed by atoms with Crippen molar-refractivity contribution in [3.63, 3.8) is 0 Å². The molecule has 6 nitrogen and oxygen atoms in total. The zero-order chi connectivity index (χ0) is 14.5. The lowest BCUT2D eigenvalue weighted by Crippen LogP contribution is -2.27. The first-order valence-electron chi connectivity index (χ1n) is 6.29. The summed E-state index contributed by atoms with van der Waals surface area (Å²) in [6.07, 6.45) is -0.604. The molecule has 0 aliphatic rings. The smallest absolute Gasteiger partial charge is 0.164 e. The standard InChI is InChI=1S/C14H16N2O4/c1-10-15-12-4-2-3-5-13(12)16(10)6-7-20-9-11(17)8-14(18)19/h2-5H,6-9H2,1H3,(H,18,19)/p-1. The Bertz CT molecular complexity index is 633. The molecular weight excluding hydrogens is 260 g/mol. The number of ketones is 1. The summed E-state index contributed by atoms with van der Waals surface area (Å²) < 4.78 is 7.18. The van der Waals surface area contributed by atoms with Gasteiger partial charge in [0.05, 0.1) is 17.6 Å². The van der Waals surface area contributed by atoms with E-state index in [1.54, 1.807) is 0 Å². The molecule has 0 N–H and O–H groups in total. The molecule has 0 atom stereocenters. The van der Waals surface area contributed by atoms with Crippen LogP contribution in [0.25, 0.3) is 11.0 Å². The molecule has 0 bridgehead atoms. The number of rotatable bonds is 7. The fourth-order valence-electron chi connectivity index (χ4n) is 2.03. The monoisotopic (exact) mass is 275 g/mol. The van der Waals surface area contributed by atoms with Gasteiger partial charge in [-0.1, -0.05) is 12.1 Å². The molecule has 1 heterocycles. The van der Waals surface area contributed by atoms with Crippen LogP contribution >= 0.6 is 0 Å². The third kappa shape index (κ3) is 3.42. The molecule has 1 aromatic carbocycles. The van der Waals surface area contributed by atoms with Crippen LogP contribution in [0.4, 0.5) is 0 Å². The molecule has 6 heteroatoms. The summed E-state index contributed by atoms with van der Waals surface area (Å²) in [5.41, 5.74) is 1.92. The second-order valence-electron chi connectivity index (χ2n) is 4.44. The highest BCUT2D eigenvalue weighted by atomic mass is 16.5. The maximum atomic E-state index is 11.1. The van der Waals surface area contributed by atoms with E-state index in [9.17, 15) is 14.7 Å². The van der Waals surface area contributed by atoms with Gasteiger partial charge in [-0.15, -0.1) is 0 Å². The van der Waals surface area contributed by atoms with Gasteiger partial charge in [0.25, 0.3) is 0 Å². The molecule has 0 aliphatic carbocycles. The minimum Gasteiger partial charge on any atom is -0.550 e. The zero-order valence-corrected chi connectivity index (χ0v) is 11.2. The van der Waals surface area contributed by atoms with Gasteiger partial charge in [-0.05, 0) is 19.1 Å². The molecular formula is C14H15N2O4-. The summed E-state index contributed by atoms with van der Waals surface area (Å²) in [5, 5.41) is 10.2. The Kier molecular flexibility index (Phi) is 4.47. The molecule has 0 amide bonds. The SMILES string of the molecule is Cc1nc2ccccc2n1CCOCC(=O)CC(=O)[O-]. The summed E-state index contributed by atoms with van der Waals surface area (Å²) >= 11 is 0. The maximum absolute atomic E-state index is 11.1. The van der Waals surface area contributed by atoms with E-state index in [4.69, 9.17) is 4.74 Å². The van der Waals surface area contributed by atoms with Crippen molar-refractivity contribution < 1.29 is 19.4 Å². The van der Waals surface area contributed by atoms with E-state index in [1.165, 1.54) is 0 Å². The summed E-state index contributed by atoms with van der Waals surface area (Å²) in [5.74, 6) is -0.997. The molecule has 2 aromatic rings. The lowest BCUT2D eigenvalue weighted by atomic mass is 10.3. The zero-order valence-electron chi connectivity index (χ0n) is 11.2. The summed E-state index contributed by atoms with van der Waals surface area (Å²) in [6, 6.07) is 7.76. The highest BCUT2D eigenvalue weighted by Gasteiger charge is 2.07. The first-order valence-corrected chi connectivity index (χ1v) is 6.29. The highest BCUT2D eigenvalue weighted by Crippen LogP contribution is 2.14. The molecule has 0 saturated carbocycles. The number of ether oxygens (including phenoxy) is 1. The summed E-state index contributed by atoms with van der Waals surface area (Å²) in [6.45, 7) is 2.58. The number of para-hydroxylation sites is 2. The summed E-state index contributed by atoms with van der Waals surface area (Å²) in [7, 11) is 0. The van der Waals surface area contributed by atoms with Gasteiger partial charge in [0.15, 0.2) is 5.78 Å². The minimum absolute atomic E-state index is 0.209. The van der Waals surface area contributed by atoms with Crippen LogP contribution in [0.15, 0.2) is 24.3 Å². The molecule has 0 fully saturated rings. The van der Waals surface area contributed by atoms with Crippen LogP contribution in [-0.4, -0.2) is 34.5 Å². The van der Waals surface area contributed by atoms with Crippen molar-refractivity contribution in [3.8, 4) is 0 Å². The molecule has 20 heavy (non-hydrogen) atoms. The average Bonchev–Trinajstić information content (AvgIpc) is 2.70. The van der Waals surface area contributed by atoms with E-state index in [-0.39, 0.29) is 6.61 Å². The number of fused-ring (bicyclic) bond motifs is 1. The lowest BCUT2D eigenvalue weighted by Gasteiger charge is -2.08. The molecule has 0 aliphatic heterocycles.